The normalized spacial score (nSPS) is 16.5. The number of nitrogens with zero attached hydrogens (tertiary/aromatic N) is 1. The van der Waals surface area contributed by atoms with Gasteiger partial charge in [0, 0.05) is 19.2 Å². The molecule has 0 saturated carbocycles. The molecule has 98 valence electrons. The van der Waals surface area contributed by atoms with Crippen molar-refractivity contribution in [2.24, 2.45) is 5.73 Å². The summed E-state index contributed by atoms with van der Waals surface area (Å²) in [5.74, 6) is 0. The second kappa shape index (κ2) is 7.09. The van der Waals surface area contributed by atoms with Crippen LogP contribution in [0.2, 0.25) is 0 Å². The fourth-order valence-electron chi connectivity index (χ4n) is 1.71. The minimum atomic E-state index is -4.32. The topological polar surface area (TPSA) is 49.5 Å². The molecule has 0 aliphatic rings. The van der Waals surface area contributed by atoms with Gasteiger partial charge in [-0.1, -0.05) is 13.8 Å². The Morgan fingerprint density at radius 1 is 1.31 bits per heavy atom. The summed E-state index contributed by atoms with van der Waals surface area (Å²) in [6, 6.07) is -2.53. The van der Waals surface area contributed by atoms with Crippen molar-refractivity contribution in [3.63, 3.8) is 0 Å². The lowest BCUT2D eigenvalue weighted by Crippen LogP contribution is -2.56. The van der Waals surface area contributed by atoms with Gasteiger partial charge in [0.2, 0.25) is 0 Å². The Hall–Kier alpha value is -0.330. The predicted octanol–water partition coefficient (Wildman–Crippen LogP) is 1.36. The summed E-state index contributed by atoms with van der Waals surface area (Å²) in [5.41, 5.74) is 5.53. The average Bonchev–Trinajstić information content (AvgIpc) is 2.21. The van der Waals surface area contributed by atoms with Gasteiger partial charge in [-0.3, -0.25) is 4.90 Å². The lowest BCUT2D eigenvalue weighted by Gasteiger charge is -2.35. The summed E-state index contributed by atoms with van der Waals surface area (Å²) in [6.45, 7) is 3.69. The monoisotopic (exact) mass is 242 g/mol. The first-order valence-electron chi connectivity index (χ1n) is 5.55. The molecular weight excluding hydrogens is 221 g/mol. The van der Waals surface area contributed by atoms with E-state index in [9.17, 15) is 13.2 Å². The van der Waals surface area contributed by atoms with E-state index in [1.54, 1.807) is 13.8 Å². The number of alkyl halides is 3. The minimum absolute atomic E-state index is 0.109. The Bertz CT molecular complexity index is 187. The fourth-order valence-corrected chi connectivity index (χ4v) is 1.71. The van der Waals surface area contributed by atoms with Crippen molar-refractivity contribution in [1.29, 1.82) is 0 Å². The highest BCUT2D eigenvalue weighted by Crippen LogP contribution is 2.27. The minimum Gasteiger partial charge on any atom is -0.396 e. The summed E-state index contributed by atoms with van der Waals surface area (Å²) in [6.07, 6.45) is -3.71. The molecule has 0 fully saturated rings. The molecule has 0 rings (SSSR count). The Labute approximate surface area is 94.4 Å². The highest BCUT2D eigenvalue weighted by atomic mass is 19.4. The third kappa shape index (κ3) is 4.67. The van der Waals surface area contributed by atoms with Crippen LogP contribution in [0.25, 0.3) is 0 Å². The first-order valence-corrected chi connectivity index (χ1v) is 5.55. The molecule has 0 aromatic carbocycles. The number of hydrogen-bond donors (Lipinski definition) is 2. The molecule has 3 nitrogen and oxygen atoms in total. The lowest BCUT2D eigenvalue weighted by molar-refractivity contribution is -0.189. The number of hydrogen-bond acceptors (Lipinski definition) is 3. The van der Waals surface area contributed by atoms with E-state index in [1.807, 2.05) is 0 Å². The van der Waals surface area contributed by atoms with Crippen molar-refractivity contribution < 1.29 is 18.3 Å². The molecule has 2 unspecified atom stereocenters. The molecule has 0 radical (unpaired) electrons. The quantitative estimate of drug-likeness (QED) is 0.708. The zero-order valence-electron chi connectivity index (χ0n) is 9.80. The smallest absolute Gasteiger partial charge is 0.396 e. The van der Waals surface area contributed by atoms with Crippen LogP contribution < -0.4 is 5.73 Å². The van der Waals surface area contributed by atoms with Gasteiger partial charge in [0.05, 0.1) is 0 Å². The number of nitrogens with two attached hydrogens (primary N) is 1. The molecular formula is C10H21F3N2O. The summed E-state index contributed by atoms with van der Waals surface area (Å²) >= 11 is 0. The van der Waals surface area contributed by atoms with Gasteiger partial charge in [-0.25, -0.2) is 0 Å². The second-order valence-electron chi connectivity index (χ2n) is 3.76. The highest BCUT2D eigenvalue weighted by Gasteiger charge is 2.45. The summed E-state index contributed by atoms with van der Waals surface area (Å²) in [4.78, 5) is 1.28. The van der Waals surface area contributed by atoms with Crippen LogP contribution in [-0.4, -0.2) is 48.0 Å². The molecule has 0 spiro atoms. The number of aliphatic hydroxyl groups excluding tert-OH is 1. The Balaban J connectivity index is 4.70. The van der Waals surface area contributed by atoms with Crippen LogP contribution >= 0.6 is 0 Å². The number of likely N-dealkylation sites (N-methyl/N-ethyl adjacent to an activating group) is 1. The molecule has 0 heterocycles. The van der Waals surface area contributed by atoms with E-state index in [2.05, 4.69) is 0 Å². The molecule has 0 saturated heterocycles. The van der Waals surface area contributed by atoms with Crippen molar-refractivity contribution in [2.45, 2.75) is 44.9 Å². The standard InChI is InChI=1S/C10H21F3N2O/c1-3-8(14)9(10(11,12)13)15(4-2)6-5-7-16/h8-9,16H,3-7,14H2,1-2H3. The van der Waals surface area contributed by atoms with Crippen molar-refractivity contribution in [1.82, 2.24) is 4.90 Å². The van der Waals surface area contributed by atoms with Gasteiger partial charge in [0.1, 0.15) is 6.04 Å². The maximum atomic E-state index is 12.8. The summed E-state index contributed by atoms with van der Waals surface area (Å²) in [5, 5.41) is 8.65. The number of halogens is 3. The van der Waals surface area contributed by atoms with Crippen LogP contribution in [0.15, 0.2) is 0 Å². The first-order chi connectivity index (χ1) is 7.38. The van der Waals surface area contributed by atoms with E-state index < -0.39 is 18.3 Å². The van der Waals surface area contributed by atoms with E-state index in [4.69, 9.17) is 10.8 Å². The molecule has 2 atom stereocenters. The van der Waals surface area contributed by atoms with Gasteiger partial charge < -0.3 is 10.8 Å². The third-order valence-corrected chi connectivity index (χ3v) is 2.62. The van der Waals surface area contributed by atoms with E-state index in [0.29, 0.717) is 6.42 Å². The third-order valence-electron chi connectivity index (χ3n) is 2.62. The maximum Gasteiger partial charge on any atom is 0.405 e. The van der Waals surface area contributed by atoms with Crippen LogP contribution in [0.5, 0.6) is 0 Å². The molecule has 0 aromatic rings. The van der Waals surface area contributed by atoms with E-state index in [-0.39, 0.29) is 26.1 Å². The van der Waals surface area contributed by atoms with Gasteiger partial charge in [0.25, 0.3) is 0 Å². The van der Waals surface area contributed by atoms with Crippen molar-refractivity contribution >= 4 is 0 Å². The zero-order chi connectivity index (χ0) is 12.8. The van der Waals surface area contributed by atoms with Crippen molar-refractivity contribution in [2.75, 3.05) is 19.7 Å². The predicted molar refractivity (Wildman–Crippen MR) is 57.1 cm³/mol. The molecule has 0 aromatic heterocycles. The van der Waals surface area contributed by atoms with Crippen LogP contribution in [0.1, 0.15) is 26.7 Å². The van der Waals surface area contributed by atoms with Gasteiger partial charge in [-0.15, -0.1) is 0 Å². The van der Waals surface area contributed by atoms with E-state index in [1.165, 1.54) is 4.90 Å². The van der Waals surface area contributed by atoms with E-state index in [0.717, 1.165) is 0 Å². The maximum absolute atomic E-state index is 12.8. The molecule has 0 bridgehead atoms. The zero-order valence-corrected chi connectivity index (χ0v) is 9.80. The Morgan fingerprint density at radius 2 is 1.88 bits per heavy atom. The lowest BCUT2D eigenvalue weighted by atomic mass is 10.0. The van der Waals surface area contributed by atoms with Crippen LogP contribution in [0.4, 0.5) is 13.2 Å². The van der Waals surface area contributed by atoms with Gasteiger partial charge >= 0.3 is 6.18 Å². The Morgan fingerprint density at radius 3 is 2.19 bits per heavy atom. The highest BCUT2D eigenvalue weighted by molar-refractivity contribution is 4.87. The molecule has 0 aliphatic carbocycles. The summed E-state index contributed by atoms with van der Waals surface area (Å²) < 4.78 is 38.5. The fraction of sp³-hybridized carbons (Fsp3) is 1.00. The van der Waals surface area contributed by atoms with E-state index >= 15 is 0 Å². The first kappa shape index (κ1) is 15.7. The van der Waals surface area contributed by atoms with Crippen LogP contribution in [-0.2, 0) is 0 Å². The van der Waals surface area contributed by atoms with Gasteiger partial charge in [-0.2, -0.15) is 13.2 Å². The van der Waals surface area contributed by atoms with Crippen molar-refractivity contribution in [3.05, 3.63) is 0 Å². The largest absolute Gasteiger partial charge is 0.405 e. The van der Waals surface area contributed by atoms with Gasteiger partial charge in [-0.05, 0) is 19.4 Å². The summed E-state index contributed by atoms with van der Waals surface area (Å²) in [7, 11) is 0. The average molecular weight is 242 g/mol. The van der Waals surface area contributed by atoms with Crippen LogP contribution in [0.3, 0.4) is 0 Å². The Kier molecular flexibility index (Phi) is 6.94. The molecule has 16 heavy (non-hydrogen) atoms. The second-order valence-corrected chi connectivity index (χ2v) is 3.76. The number of aliphatic hydroxyl groups is 1. The van der Waals surface area contributed by atoms with Gasteiger partial charge in [0.15, 0.2) is 0 Å². The van der Waals surface area contributed by atoms with Crippen molar-refractivity contribution in [3.8, 4) is 0 Å². The van der Waals surface area contributed by atoms with Crippen LogP contribution in [0, 0.1) is 0 Å². The SMILES string of the molecule is CCC(N)C(N(CC)CCCO)C(F)(F)F. The number of rotatable bonds is 7. The molecule has 3 N–H and O–H groups in total. The molecule has 6 heteroatoms. The molecule has 0 amide bonds. The molecule has 0 aliphatic heterocycles.